The Labute approximate surface area is 135 Å². The van der Waals surface area contributed by atoms with Crippen molar-refractivity contribution in [2.45, 2.75) is 33.1 Å². The van der Waals surface area contributed by atoms with Gasteiger partial charge in [-0.1, -0.05) is 26.8 Å². The van der Waals surface area contributed by atoms with Gasteiger partial charge in [0, 0.05) is 11.1 Å². The Balaban J connectivity index is 0.00000220. The molecular formula is C16H20ClNO2S. The van der Waals surface area contributed by atoms with Crippen LogP contribution in [0.15, 0.2) is 23.6 Å². The zero-order valence-corrected chi connectivity index (χ0v) is 14.2. The highest BCUT2D eigenvalue weighted by Gasteiger charge is 2.26. The van der Waals surface area contributed by atoms with Crippen LogP contribution in [0.2, 0.25) is 0 Å². The fourth-order valence-corrected chi connectivity index (χ4v) is 3.16. The Bertz CT molecular complexity index is 658. The van der Waals surface area contributed by atoms with Crippen LogP contribution in [0.25, 0.3) is 0 Å². The van der Waals surface area contributed by atoms with Gasteiger partial charge in [-0.3, -0.25) is 4.79 Å². The maximum atomic E-state index is 12.5. The molecule has 3 N–H and O–H groups in total. The van der Waals surface area contributed by atoms with E-state index in [0.717, 1.165) is 11.1 Å². The summed E-state index contributed by atoms with van der Waals surface area (Å²) < 4.78 is 0. The molecule has 0 bridgehead atoms. The predicted octanol–water partition coefficient (Wildman–Crippen LogP) is 4.29. The average Bonchev–Trinajstić information content (AvgIpc) is 2.85. The Kier molecular flexibility index (Phi) is 5.07. The number of nitrogen functional groups attached to an aromatic ring is 1. The normalized spacial score (nSPS) is 11.0. The third-order valence-corrected chi connectivity index (χ3v) is 4.20. The lowest BCUT2D eigenvalue weighted by atomic mass is 9.80. The van der Waals surface area contributed by atoms with Gasteiger partial charge in [-0.2, -0.15) is 0 Å². The van der Waals surface area contributed by atoms with Gasteiger partial charge in [0.2, 0.25) is 5.78 Å². The summed E-state index contributed by atoms with van der Waals surface area (Å²) >= 11 is 1.41. The average molecular weight is 326 g/mol. The van der Waals surface area contributed by atoms with Gasteiger partial charge >= 0.3 is 0 Å². The first kappa shape index (κ1) is 17.5. The van der Waals surface area contributed by atoms with E-state index in [9.17, 15) is 9.90 Å². The maximum absolute atomic E-state index is 12.5. The second-order valence-corrected chi connectivity index (χ2v) is 6.87. The summed E-state index contributed by atoms with van der Waals surface area (Å²) in [7, 11) is 0. The van der Waals surface area contributed by atoms with E-state index in [1.807, 2.05) is 39.1 Å². The molecule has 0 saturated heterocycles. The smallest absolute Gasteiger partial charge is 0.203 e. The van der Waals surface area contributed by atoms with E-state index in [0.29, 0.717) is 10.4 Å². The summed E-state index contributed by atoms with van der Waals surface area (Å²) in [5.74, 6) is 0.0347. The van der Waals surface area contributed by atoms with Crippen molar-refractivity contribution in [3.8, 4) is 5.75 Å². The fourth-order valence-electron chi connectivity index (χ4n) is 2.48. The molecule has 0 aliphatic heterocycles. The van der Waals surface area contributed by atoms with Gasteiger partial charge in [0.15, 0.2) is 0 Å². The molecule has 0 radical (unpaired) electrons. The molecule has 1 heterocycles. The first-order chi connectivity index (χ1) is 9.23. The van der Waals surface area contributed by atoms with Crippen molar-refractivity contribution >= 4 is 35.2 Å². The van der Waals surface area contributed by atoms with E-state index in [-0.39, 0.29) is 35.0 Å². The summed E-state index contributed by atoms with van der Waals surface area (Å²) in [4.78, 5) is 13.2. The zero-order valence-electron chi connectivity index (χ0n) is 12.6. The number of anilines is 1. The van der Waals surface area contributed by atoms with Crippen molar-refractivity contribution < 1.29 is 9.90 Å². The summed E-state index contributed by atoms with van der Waals surface area (Å²) in [6.07, 6.45) is 0. The Morgan fingerprint density at radius 1 is 1.33 bits per heavy atom. The molecule has 0 atom stereocenters. The first-order valence-electron chi connectivity index (χ1n) is 6.44. The summed E-state index contributed by atoms with van der Waals surface area (Å²) in [5, 5.41) is 12.1. The van der Waals surface area contributed by atoms with Crippen LogP contribution in [0, 0.1) is 6.92 Å². The number of nitrogens with two attached hydrogens (primary N) is 1. The van der Waals surface area contributed by atoms with E-state index in [1.165, 1.54) is 11.3 Å². The Hall–Kier alpha value is -1.52. The predicted molar refractivity (Wildman–Crippen MR) is 91.0 cm³/mol. The number of phenols is 1. The van der Waals surface area contributed by atoms with Gasteiger partial charge in [-0.25, -0.2) is 0 Å². The quantitative estimate of drug-likeness (QED) is 0.491. The molecule has 5 heteroatoms. The molecule has 21 heavy (non-hydrogen) atoms. The van der Waals surface area contributed by atoms with E-state index in [4.69, 9.17) is 5.73 Å². The molecule has 0 spiro atoms. The van der Waals surface area contributed by atoms with Crippen molar-refractivity contribution in [2.24, 2.45) is 0 Å². The van der Waals surface area contributed by atoms with Crippen molar-refractivity contribution in [3.63, 3.8) is 0 Å². The van der Waals surface area contributed by atoms with Crippen LogP contribution in [0.4, 0.5) is 5.69 Å². The number of benzene rings is 1. The van der Waals surface area contributed by atoms with Crippen LogP contribution >= 0.6 is 23.7 Å². The van der Waals surface area contributed by atoms with E-state index >= 15 is 0 Å². The number of carbonyl (C=O) groups is 1. The van der Waals surface area contributed by atoms with Gasteiger partial charge in [0.25, 0.3) is 0 Å². The molecule has 1 aromatic carbocycles. The summed E-state index contributed by atoms with van der Waals surface area (Å²) in [5.41, 5.74) is 7.94. The van der Waals surface area contributed by atoms with Crippen LogP contribution < -0.4 is 5.73 Å². The minimum Gasteiger partial charge on any atom is -0.505 e. The van der Waals surface area contributed by atoms with Crippen LogP contribution in [-0.2, 0) is 5.41 Å². The number of ketones is 1. The standard InChI is InChI=1S/C16H19NO2S.ClH/c1-9-10(14(18)12-6-5-7-20-12)8-11(17)15(19)13(9)16(2,3)4;/h5-8,19H,17H2,1-4H3;1H. The lowest BCUT2D eigenvalue weighted by Gasteiger charge is -2.25. The van der Waals surface area contributed by atoms with Crippen LogP contribution in [0.3, 0.4) is 0 Å². The van der Waals surface area contributed by atoms with Gasteiger partial charge in [-0.15, -0.1) is 23.7 Å². The van der Waals surface area contributed by atoms with E-state index in [1.54, 1.807) is 12.1 Å². The van der Waals surface area contributed by atoms with Gasteiger partial charge in [0.1, 0.15) is 5.75 Å². The number of halogens is 1. The number of phenolic OH excluding ortho intramolecular Hbond substituents is 1. The highest BCUT2D eigenvalue weighted by Crippen LogP contribution is 2.39. The van der Waals surface area contributed by atoms with E-state index in [2.05, 4.69) is 0 Å². The third-order valence-electron chi connectivity index (χ3n) is 3.33. The minimum absolute atomic E-state index is 0. The molecule has 0 aliphatic carbocycles. The SMILES string of the molecule is Cc1c(C(=O)c2cccs2)cc(N)c(O)c1C(C)(C)C.Cl. The maximum Gasteiger partial charge on any atom is 0.203 e. The van der Waals surface area contributed by atoms with Crippen molar-refractivity contribution in [1.29, 1.82) is 0 Å². The molecule has 2 aromatic rings. The molecule has 3 nitrogen and oxygen atoms in total. The van der Waals surface area contributed by atoms with Gasteiger partial charge in [0.05, 0.1) is 10.6 Å². The molecule has 0 fully saturated rings. The molecule has 0 amide bonds. The zero-order chi connectivity index (χ0) is 15.1. The second-order valence-electron chi connectivity index (χ2n) is 5.92. The summed E-state index contributed by atoms with van der Waals surface area (Å²) in [6.45, 7) is 7.84. The monoisotopic (exact) mass is 325 g/mol. The molecule has 0 saturated carbocycles. The van der Waals surface area contributed by atoms with Crippen molar-refractivity contribution in [3.05, 3.63) is 45.1 Å². The number of thiophene rings is 1. The fraction of sp³-hybridized carbons (Fsp3) is 0.312. The van der Waals surface area contributed by atoms with Crippen LogP contribution in [0.5, 0.6) is 5.75 Å². The number of rotatable bonds is 2. The highest BCUT2D eigenvalue weighted by atomic mass is 35.5. The lowest BCUT2D eigenvalue weighted by molar-refractivity contribution is 0.104. The molecule has 114 valence electrons. The number of aromatic hydroxyl groups is 1. The van der Waals surface area contributed by atoms with Crippen molar-refractivity contribution in [1.82, 2.24) is 0 Å². The third kappa shape index (κ3) is 3.22. The number of hydrogen-bond acceptors (Lipinski definition) is 4. The van der Waals surface area contributed by atoms with Crippen LogP contribution in [-0.4, -0.2) is 10.9 Å². The molecule has 0 unspecified atom stereocenters. The van der Waals surface area contributed by atoms with Gasteiger partial charge < -0.3 is 10.8 Å². The van der Waals surface area contributed by atoms with E-state index < -0.39 is 0 Å². The highest BCUT2D eigenvalue weighted by molar-refractivity contribution is 7.12. The second kappa shape index (κ2) is 6.08. The number of carbonyl (C=O) groups excluding carboxylic acids is 1. The molecule has 2 rings (SSSR count). The minimum atomic E-state index is -0.284. The van der Waals surface area contributed by atoms with Gasteiger partial charge in [-0.05, 0) is 35.4 Å². The summed E-state index contributed by atoms with van der Waals surface area (Å²) in [6, 6.07) is 5.22. The Morgan fingerprint density at radius 2 is 1.95 bits per heavy atom. The largest absolute Gasteiger partial charge is 0.505 e. The lowest BCUT2D eigenvalue weighted by Crippen LogP contribution is -2.17. The topological polar surface area (TPSA) is 63.3 Å². The molecule has 1 aromatic heterocycles. The van der Waals surface area contributed by atoms with Crippen LogP contribution in [0.1, 0.15) is 47.1 Å². The molecule has 0 aliphatic rings. The number of hydrogen-bond donors (Lipinski definition) is 2. The first-order valence-corrected chi connectivity index (χ1v) is 7.32. The Morgan fingerprint density at radius 3 is 2.43 bits per heavy atom. The van der Waals surface area contributed by atoms with Crippen molar-refractivity contribution in [2.75, 3.05) is 5.73 Å². The molecular weight excluding hydrogens is 306 g/mol.